The number of allylic oxidation sites excluding steroid dienone is 1. The van der Waals surface area contributed by atoms with Crippen LogP contribution in [0.25, 0.3) is 5.70 Å². The molecule has 0 spiro atoms. The molecular weight excluding hydrogens is 396 g/mol. The van der Waals surface area contributed by atoms with Crippen molar-refractivity contribution in [3.63, 3.8) is 0 Å². The van der Waals surface area contributed by atoms with Gasteiger partial charge in [0.15, 0.2) is 0 Å². The van der Waals surface area contributed by atoms with E-state index in [-0.39, 0.29) is 12.1 Å². The smallest absolute Gasteiger partial charge is 0.410 e. The quantitative estimate of drug-likeness (QED) is 0.545. The van der Waals surface area contributed by atoms with Gasteiger partial charge in [-0.2, -0.15) is 10.2 Å². The summed E-state index contributed by atoms with van der Waals surface area (Å²) in [6, 6.07) is 0.128. The second-order valence-corrected chi connectivity index (χ2v) is 9.02. The third kappa shape index (κ3) is 4.47. The summed E-state index contributed by atoms with van der Waals surface area (Å²) in [4.78, 5) is 24.8. The minimum absolute atomic E-state index is 0.128. The van der Waals surface area contributed by atoms with Crippen LogP contribution in [0.5, 0.6) is 0 Å². The van der Waals surface area contributed by atoms with Gasteiger partial charge in [0.2, 0.25) is 0 Å². The number of aromatic nitrogens is 2. The summed E-state index contributed by atoms with van der Waals surface area (Å²) < 4.78 is 7.34. The number of carbonyl (C=O) groups is 1. The lowest BCUT2D eigenvalue weighted by Gasteiger charge is -2.39. The highest BCUT2D eigenvalue weighted by Crippen LogP contribution is 2.30. The number of hydrogen-bond acceptors (Lipinski definition) is 7. The highest BCUT2D eigenvalue weighted by Gasteiger charge is 2.35. The summed E-state index contributed by atoms with van der Waals surface area (Å²) in [7, 11) is 0. The monoisotopic (exact) mass is 426 g/mol. The van der Waals surface area contributed by atoms with Crippen molar-refractivity contribution in [3.05, 3.63) is 23.7 Å². The zero-order chi connectivity index (χ0) is 22.2. The van der Waals surface area contributed by atoms with Crippen LogP contribution in [0.15, 0.2) is 33.2 Å². The molecule has 1 aromatic rings. The maximum atomic E-state index is 12.2. The van der Waals surface area contributed by atoms with Crippen LogP contribution in [0.3, 0.4) is 0 Å². The normalized spacial score (nSPS) is 20.0. The average Bonchev–Trinajstić information content (AvgIpc) is 3.06. The van der Waals surface area contributed by atoms with E-state index in [1.807, 2.05) is 49.8 Å². The van der Waals surface area contributed by atoms with E-state index in [0.717, 1.165) is 35.9 Å². The Kier molecular flexibility index (Phi) is 5.55. The second-order valence-electron chi connectivity index (χ2n) is 9.02. The first-order chi connectivity index (χ1) is 14.7. The second kappa shape index (κ2) is 8.16. The molecule has 0 saturated carbocycles. The Balaban J connectivity index is 1.49. The van der Waals surface area contributed by atoms with Gasteiger partial charge in [-0.15, -0.1) is 0 Å². The Morgan fingerprint density at radius 1 is 1.32 bits per heavy atom. The molecule has 0 aromatic carbocycles. The lowest BCUT2D eigenvalue weighted by Crippen LogP contribution is -2.52. The van der Waals surface area contributed by atoms with Gasteiger partial charge in [0, 0.05) is 37.9 Å². The molecule has 166 valence electrons. The summed E-state index contributed by atoms with van der Waals surface area (Å²) in [5, 5.41) is 10.8. The molecule has 3 aliphatic heterocycles. The zero-order valence-corrected chi connectivity index (χ0v) is 18.7. The number of hydrogen-bond donors (Lipinski definition) is 0. The fraction of sp³-hybridized carbons (Fsp3) is 0.571. The summed E-state index contributed by atoms with van der Waals surface area (Å²) in [5.41, 5.74) is 2.22. The highest BCUT2D eigenvalue weighted by molar-refractivity contribution is 5.92. The Labute approximate surface area is 182 Å². The van der Waals surface area contributed by atoms with Crippen molar-refractivity contribution in [2.75, 3.05) is 32.7 Å². The molecule has 2 saturated heterocycles. The van der Waals surface area contributed by atoms with Crippen LogP contribution in [0.4, 0.5) is 4.79 Å². The minimum Gasteiger partial charge on any atom is -0.444 e. The van der Waals surface area contributed by atoms with Gasteiger partial charge in [0.05, 0.1) is 30.2 Å². The van der Waals surface area contributed by atoms with Crippen molar-refractivity contribution >= 4 is 30.7 Å². The Morgan fingerprint density at radius 2 is 2.06 bits per heavy atom. The molecule has 31 heavy (non-hydrogen) atoms. The van der Waals surface area contributed by atoms with Gasteiger partial charge in [-0.05, 0) is 40.8 Å². The molecule has 4 heterocycles. The van der Waals surface area contributed by atoms with Crippen LogP contribution in [0.1, 0.15) is 45.7 Å². The van der Waals surface area contributed by atoms with Crippen molar-refractivity contribution in [1.29, 1.82) is 0 Å². The topological polar surface area (TPSA) is 90.9 Å². The average molecular weight is 427 g/mol. The fourth-order valence-electron chi connectivity index (χ4n) is 3.62. The van der Waals surface area contributed by atoms with E-state index in [2.05, 4.69) is 26.8 Å². The molecule has 0 N–H and O–H groups in total. The Hall–Kier alpha value is -3.17. The molecule has 1 aromatic heterocycles. The van der Waals surface area contributed by atoms with E-state index in [1.54, 1.807) is 4.90 Å². The summed E-state index contributed by atoms with van der Waals surface area (Å²) in [5.74, 6) is 1.00. The van der Waals surface area contributed by atoms with E-state index in [4.69, 9.17) is 9.73 Å². The Morgan fingerprint density at radius 3 is 2.68 bits per heavy atom. The van der Waals surface area contributed by atoms with Crippen molar-refractivity contribution in [2.24, 2.45) is 15.1 Å². The van der Waals surface area contributed by atoms with Crippen molar-refractivity contribution in [1.82, 2.24) is 24.6 Å². The molecule has 2 fully saturated rings. The number of amides is 1. The maximum absolute atomic E-state index is 12.2. The Bertz CT molecular complexity index is 945. The van der Waals surface area contributed by atoms with Gasteiger partial charge in [-0.1, -0.05) is 0 Å². The van der Waals surface area contributed by atoms with Crippen molar-refractivity contribution in [2.45, 2.75) is 45.8 Å². The molecule has 0 atom stereocenters. The predicted octanol–water partition coefficient (Wildman–Crippen LogP) is 2.43. The number of amidine groups is 1. The fourth-order valence-corrected chi connectivity index (χ4v) is 3.62. The molecule has 1 amide bonds. The minimum atomic E-state index is -0.492. The number of ether oxygens (including phenoxy) is 1. The van der Waals surface area contributed by atoms with Crippen LogP contribution in [0, 0.1) is 0 Å². The number of likely N-dealkylation sites (tertiary alicyclic amines) is 2. The van der Waals surface area contributed by atoms with Crippen LogP contribution in [-0.4, -0.2) is 87.9 Å². The summed E-state index contributed by atoms with van der Waals surface area (Å²) >= 11 is 0. The molecule has 0 aliphatic carbocycles. The zero-order valence-electron chi connectivity index (χ0n) is 18.7. The third-order valence-electron chi connectivity index (χ3n) is 5.52. The number of carbonyl (C=O) groups excluding carboxylic acids is 1. The van der Waals surface area contributed by atoms with Crippen LogP contribution in [-0.2, 0) is 4.74 Å². The number of nitrogens with zero attached hydrogens (tertiary/aromatic N) is 8. The van der Waals surface area contributed by atoms with Gasteiger partial charge >= 0.3 is 6.09 Å². The first-order valence-corrected chi connectivity index (χ1v) is 10.6. The highest BCUT2D eigenvalue weighted by atomic mass is 16.6. The SMILES string of the molecule is C=N/C=N\N1CC(N2CCC2)=NC(c2cnn(C3CN(C(=O)OC(C)(C)C)C3)c2)=C1C. The van der Waals surface area contributed by atoms with Crippen molar-refractivity contribution < 1.29 is 9.53 Å². The third-order valence-corrected chi connectivity index (χ3v) is 5.52. The molecule has 0 bridgehead atoms. The van der Waals surface area contributed by atoms with E-state index in [1.165, 1.54) is 12.8 Å². The van der Waals surface area contributed by atoms with Crippen molar-refractivity contribution in [3.8, 4) is 0 Å². The van der Waals surface area contributed by atoms with Crippen LogP contribution >= 0.6 is 0 Å². The molecule has 0 unspecified atom stereocenters. The predicted molar refractivity (Wildman–Crippen MR) is 120 cm³/mol. The molecule has 3 aliphatic rings. The first-order valence-electron chi connectivity index (χ1n) is 10.6. The van der Waals surface area contributed by atoms with Gasteiger partial charge in [0.25, 0.3) is 0 Å². The van der Waals surface area contributed by atoms with E-state index in [0.29, 0.717) is 19.6 Å². The number of hydrazone groups is 1. The van der Waals surface area contributed by atoms with E-state index in [9.17, 15) is 4.79 Å². The standard InChI is InChI=1S/C21H30N8O2/c1-15-19(25-18(26-7-6-8-26)13-28(15)24-14-22-5)16-9-23-29(10-16)17-11-27(12-17)20(30)31-21(2,3)4/h9-10,14,17H,5-8,11-13H2,1-4H3/b24-14-. The maximum Gasteiger partial charge on any atom is 0.410 e. The van der Waals surface area contributed by atoms with Crippen LogP contribution in [0.2, 0.25) is 0 Å². The molecular formula is C21H30N8O2. The number of aliphatic imine (C=N–C) groups is 2. The lowest BCUT2D eigenvalue weighted by atomic mass is 10.1. The molecule has 4 rings (SSSR count). The van der Waals surface area contributed by atoms with Crippen LogP contribution < -0.4 is 0 Å². The lowest BCUT2D eigenvalue weighted by molar-refractivity contribution is -0.000391. The number of rotatable bonds is 4. The van der Waals surface area contributed by atoms with Gasteiger partial charge in [0.1, 0.15) is 17.8 Å². The largest absolute Gasteiger partial charge is 0.444 e. The molecule has 10 nitrogen and oxygen atoms in total. The molecule has 10 heteroatoms. The molecule has 0 radical (unpaired) electrons. The van der Waals surface area contributed by atoms with Gasteiger partial charge < -0.3 is 14.5 Å². The van der Waals surface area contributed by atoms with Gasteiger partial charge in [-0.25, -0.2) is 9.79 Å². The summed E-state index contributed by atoms with van der Waals surface area (Å²) in [6.45, 7) is 14.9. The van der Waals surface area contributed by atoms with E-state index >= 15 is 0 Å². The van der Waals surface area contributed by atoms with E-state index < -0.39 is 5.60 Å². The summed E-state index contributed by atoms with van der Waals surface area (Å²) in [6.07, 6.45) is 6.16. The first kappa shape index (κ1) is 21.1. The van der Waals surface area contributed by atoms with Gasteiger partial charge in [-0.3, -0.25) is 14.7 Å².